The second kappa shape index (κ2) is 5.79. The SMILES string of the molecule is CCS(=O)(=O)NCCN1CCC(CN)C1. The van der Waals surface area contributed by atoms with E-state index in [4.69, 9.17) is 5.73 Å². The van der Waals surface area contributed by atoms with Crippen molar-refractivity contribution in [3.63, 3.8) is 0 Å². The van der Waals surface area contributed by atoms with Crippen molar-refractivity contribution in [3.8, 4) is 0 Å². The van der Waals surface area contributed by atoms with E-state index in [1.807, 2.05) is 0 Å². The van der Waals surface area contributed by atoms with E-state index < -0.39 is 10.0 Å². The minimum absolute atomic E-state index is 0.151. The molecule has 0 aromatic carbocycles. The van der Waals surface area contributed by atoms with Gasteiger partial charge in [-0.15, -0.1) is 0 Å². The summed E-state index contributed by atoms with van der Waals surface area (Å²) in [5.41, 5.74) is 5.58. The van der Waals surface area contributed by atoms with E-state index >= 15 is 0 Å². The van der Waals surface area contributed by atoms with E-state index in [9.17, 15) is 8.42 Å². The zero-order valence-electron chi connectivity index (χ0n) is 9.28. The van der Waals surface area contributed by atoms with Gasteiger partial charge in [0, 0.05) is 19.6 Å². The molecule has 0 amide bonds. The van der Waals surface area contributed by atoms with Crippen LogP contribution < -0.4 is 10.5 Å². The predicted molar refractivity (Wildman–Crippen MR) is 61.1 cm³/mol. The summed E-state index contributed by atoms with van der Waals surface area (Å²) < 4.78 is 24.9. The Kier molecular flexibility index (Phi) is 4.98. The monoisotopic (exact) mass is 235 g/mol. The molecule has 3 N–H and O–H groups in total. The Hall–Kier alpha value is -0.170. The molecular formula is C9H21N3O2S. The van der Waals surface area contributed by atoms with Crippen LogP contribution in [0.3, 0.4) is 0 Å². The molecule has 0 radical (unpaired) electrons. The zero-order valence-corrected chi connectivity index (χ0v) is 10.1. The number of nitrogens with two attached hydrogens (primary N) is 1. The molecule has 1 rings (SSSR count). The third-order valence-corrected chi connectivity index (χ3v) is 4.24. The number of hydrogen-bond donors (Lipinski definition) is 2. The molecule has 5 nitrogen and oxygen atoms in total. The number of sulfonamides is 1. The lowest BCUT2D eigenvalue weighted by Gasteiger charge is -2.15. The first kappa shape index (κ1) is 12.9. The van der Waals surface area contributed by atoms with Gasteiger partial charge < -0.3 is 10.6 Å². The summed E-state index contributed by atoms with van der Waals surface area (Å²) in [6, 6.07) is 0. The average Bonchev–Trinajstić information content (AvgIpc) is 2.66. The number of hydrogen-bond acceptors (Lipinski definition) is 4. The molecule has 1 aliphatic rings. The molecular weight excluding hydrogens is 214 g/mol. The molecule has 1 aliphatic heterocycles. The molecule has 1 unspecified atom stereocenters. The summed E-state index contributed by atoms with van der Waals surface area (Å²) >= 11 is 0. The van der Waals surface area contributed by atoms with Crippen LogP contribution in [0.15, 0.2) is 0 Å². The van der Waals surface area contributed by atoms with Gasteiger partial charge in [0.25, 0.3) is 0 Å². The second-order valence-electron chi connectivity index (χ2n) is 3.99. The Morgan fingerprint density at radius 3 is 2.80 bits per heavy atom. The maximum absolute atomic E-state index is 11.1. The van der Waals surface area contributed by atoms with E-state index in [1.165, 1.54) is 0 Å². The first-order valence-electron chi connectivity index (χ1n) is 5.47. The van der Waals surface area contributed by atoms with Gasteiger partial charge in [-0.1, -0.05) is 0 Å². The van der Waals surface area contributed by atoms with Crippen LogP contribution in [-0.4, -0.2) is 51.8 Å². The molecule has 1 saturated heterocycles. The van der Waals surface area contributed by atoms with Crippen molar-refractivity contribution in [3.05, 3.63) is 0 Å². The van der Waals surface area contributed by atoms with E-state index in [2.05, 4.69) is 9.62 Å². The van der Waals surface area contributed by atoms with Gasteiger partial charge >= 0.3 is 0 Å². The van der Waals surface area contributed by atoms with Gasteiger partial charge in [0.1, 0.15) is 0 Å². The summed E-state index contributed by atoms with van der Waals surface area (Å²) in [7, 11) is -3.03. The van der Waals surface area contributed by atoms with Crippen molar-refractivity contribution in [1.82, 2.24) is 9.62 Å². The van der Waals surface area contributed by atoms with Crippen LogP contribution in [0, 0.1) is 5.92 Å². The van der Waals surface area contributed by atoms with E-state index in [0.717, 1.165) is 32.6 Å². The molecule has 0 aliphatic carbocycles. The molecule has 90 valence electrons. The fraction of sp³-hybridized carbons (Fsp3) is 1.00. The fourth-order valence-electron chi connectivity index (χ4n) is 1.77. The van der Waals surface area contributed by atoms with E-state index in [0.29, 0.717) is 12.5 Å². The molecule has 1 atom stereocenters. The number of rotatable bonds is 6. The topological polar surface area (TPSA) is 75.4 Å². The largest absolute Gasteiger partial charge is 0.330 e. The molecule has 0 aromatic heterocycles. The van der Waals surface area contributed by atoms with Crippen molar-refractivity contribution in [2.24, 2.45) is 11.7 Å². The smallest absolute Gasteiger partial charge is 0.211 e. The van der Waals surface area contributed by atoms with Crippen molar-refractivity contribution in [2.45, 2.75) is 13.3 Å². The molecule has 0 aromatic rings. The molecule has 0 spiro atoms. The Bertz CT molecular complexity index is 279. The van der Waals surface area contributed by atoms with Crippen molar-refractivity contribution in [1.29, 1.82) is 0 Å². The third kappa shape index (κ3) is 4.46. The normalized spacial score (nSPS) is 23.5. The minimum atomic E-state index is -3.03. The van der Waals surface area contributed by atoms with Gasteiger partial charge in [-0.05, 0) is 32.4 Å². The Balaban J connectivity index is 2.17. The number of likely N-dealkylation sites (tertiary alicyclic amines) is 1. The standard InChI is InChI=1S/C9H21N3O2S/c1-2-15(13,14)11-4-6-12-5-3-9(7-10)8-12/h9,11H,2-8,10H2,1H3. The summed E-state index contributed by atoms with van der Waals surface area (Å²) in [5, 5.41) is 0. The van der Waals surface area contributed by atoms with Gasteiger partial charge in [0.15, 0.2) is 0 Å². The van der Waals surface area contributed by atoms with Crippen molar-refractivity contribution < 1.29 is 8.42 Å². The average molecular weight is 235 g/mol. The highest BCUT2D eigenvalue weighted by atomic mass is 32.2. The molecule has 1 fully saturated rings. The first-order valence-corrected chi connectivity index (χ1v) is 7.12. The minimum Gasteiger partial charge on any atom is -0.330 e. The van der Waals surface area contributed by atoms with Gasteiger partial charge in [-0.25, -0.2) is 13.1 Å². The lowest BCUT2D eigenvalue weighted by Crippen LogP contribution is -2.34. The summed E-state index contributed by atoms with van der Waals surface area (Å²) in [6.07, 6.45) is 1.14. The third-order valence-electron chi connectivity index (χ3n) is 2.83. The molecule has 15 heavy (non-hydrogen) atoms. The number of nitrogens with one attached hydrogen (secondary N) is 1. The van der Waals surface area contributed by atoms with Gasteiger partial charge in [-0.2, -0.15) is 0 Å². The quantitative estimate of drug-likeness (QED) is 0.632. The zero-order chi connectivity index (χ0) is 11.3. The molecule has 6 heteroatoms. The molecule has 0 saturated carbocycles. The van der Waals surface area contributed by atoms with E-state index in [1.54, 1.807) is 6.92 Å². The molecule has 0 bridgehead atoms. The Labute approximate surface area is 92.1 Å². The van der Waals surface area contributed by atoms with Crippen LogP contribution in [0.4, 0.5) is 0 Å². The van der Waals surface area contributed by atoms with Crippen LogP contribution >= 0.6 is 0 Å². The van der Waals surface area contributed by atoms with Gasteiger partial charge in [-0.3, -0.25) is 0 Å². The lowest BCUT2D eigenvalue weighted by atomic mass is 10.1. The fourth-order valence-corrected chi connectivity index (χ4v) is 2.38. The van der Waals surface area contributed by atoms with Crippen LogP contribution in [0.25, 0.3) is 0 Å². The highest BCUT2D eigenvalue weighted by Crippen LogP contribution is 2.13. The van der Waals surface area contributed by atoms with Crippen LogP contribution in [-0.2, 0) is 10.0 Å². The lowest BCUT2D eigenvalue weighted by molar-refractivity contribution is 0.330. The number of nitrogens with zero attached hydrogens (tertiary/aromatic N) is 1. The predicted octanol–water partition coefficient (Wildman–Crippen LogP) is -0.794. The summed E-state index contributed by atoms with van der Waals surface area (Å²) in [5.74, 6) is 0.742. The molecule has 1 heterocycles. The van der Waals surface area contributed by atoms with Crippen LogP contribution in [0.1, 0.15) is 13.3 Å². The summed E-state index contributed by atoms with van der Waals surface area (Å²) in [4.78, 5) is 2.26. The summed E-state index contributed by atoms with van der Waals surface area (Å²) in [6.45, 7) is 5.71. The highest BCUT2D eigenvalue weighted by Gasteiger charge is 2.20. The van der Waals surface area contributed by atoms with Crippen LogP contribution in [0.2, 0.25) is 0 Å². The van der Waals surface area contributed by atoms with Crippen molar-refractivity contribution in [2.75, 3.05) is 38.5 Å². The van der Waals surface area contributed by atoms with Gasteiger partial charge in [0.2, 0.25) is 10.0 Å². The Morgan fingerprint density at radius 1 is 1.53 bits per heavy atom. The Morgan fingerprint density at radius 2 is 2.27 bits per heavy atom. The maximum atomic E-state index is 11.1. The van der Waals surface area contributed by atoms with Gasteiger partial charge in [0.05, 0.1) is 5.75 Å². The van der Waals surface area contributed by atoms with E-state index in [-0.39, 0.29) is 5.75 Å². The first-order chi connectivity index (χ1) is 7.07. The second-order valence-corrected chi connectivity index (χ2v) is 6.08. The van der Waals surface area contributed by atoms with Crippen molar-refractivity contribution >= 4 is 10.0 Å². The van der Waals surface area contributed by atoms with Crippen LogP contribution in [0.5, 0.6) is 0 Å². The maximum Gasteiger partial charge on any atom is 0.211 e. The highest BCUT2D eigenvalue weighted by molar-refractivity contribution is 7.89.